The fourth-order valence-corrected chi connectivity index (χ4v) is 0.913. The predicted octanol–water partition coefficient (Wildman–Crippen LogP) is 1.09. The molecule has 0 aromatic heterocycles. The maximum Gasteiger partial charge on any atom is 0.224 e. The van der Waals surface area contributed by atoms with Crippen molar-refractivity contribution in [3.63, 3.8) is 0 Å². The van der Waals surface area contributed by atoms with Crippen LogP contribution in [0.3, 0.4) is 0 Å². The van der Waals surface area contributed by atoms with Gasteiger partial charge in [0.05, 0.1) is 5.70 Å². The van der Waals surface area contributed by atoms with Crippen molar-refractivity contribution in [1.29, 1.82) is 0 Å². The molecule has 1 amide bonds. The summed E-state index contributed by atoms with van der Waals surface area (Å²) >= 11 is 0. The Morgan fingerprint density at radius 1 is 1.54 bits per heavy atom. The molecule has 3 heteroatoms. The number of carbonyl (C=O) groups excluding carboxylic acids is 2. The zero-order valence-corrected chi connectivity index (χ0v) is 7.46. The van der Waals surface area contributed by atoms with Gasteiger partial charge in [0.15, 0.2) is 0 Å². The maximum absolute atomic E-state index is 11.2. The van der Waals surface area contributed by atoms with Gasteiger partial charge in [-0.15, -0.1) is 0 Å². The van der Waals surface area contributed by atoms with E-state index in [1.54, 1.807) is 19.1 Å². The Balaban J connectivity index is 2.74. The standard InChI is InChI=1S/C10H11NO2/c1-3-10(13)11-8-6-7(2)4-5-9(8)12/h4-6H,2-3H2,1H3,(H,11,13). The first-order valence-corrected chi connectivity index (χ1v) is 4.06. The molecular weight excluding hydrogens is 166 g/mol. The van der Waals surface area contributed by atoms with Crippen LogP contribution in [0.15, 0.2) is 36.1 Å². The molecule has 0 radical (unpaired) electrons. The first-order valence-electron chi connectivity index (χ1n) is 4.06. The third-order valence-corrected chi connectivity index (χ3v) is 1.64. The van der Waals surface area contributed by atoms with Gasteiger partial charge in [-0.05, 0) is 17.7 Å². The van der Waals surface area contributed by atoms with Crippen molar-refractivity contribution in [3.8, 4) is 0 Å². The smallest absolute Gasteiger partial charge is 0.224 e. The molecular formula is C10H11NO2. The molecule has 13 heavy (non-hydrogen) atoms. The third-order valence-electron chi connectivity index (χ3n) is 1.64. The largest absolute Gasteiger partial charge is 0.323 e. The molecule has 0 fully saturated rings. The summed E-state index contributed by atoms with van der Waals surface area (Å²) in [5, 5.41) is 2.51. The normalized spacial score (nSPS) is 15.6. The minimum atomic E-state index is -0.186. The van der Waals surface area contributed by atoms with Gasteiger partial charge in [0.25, 0.3) is 0 Å². The lowest BCUT2D eigenvalue weighted by Crippen LogP contribution is -2.26. The molecule has 1 aliphatic carbocycles. The minimum absolute atomic E-state index is 0.164. The summed E-state index contributed by atoms with van der Waals surface area (Å²) in [5.74, 6) is -0.350. The molecule has 0 atom stereocenters. The fourth-order valence-electron chi connectivity index (χ4n) is 0.913. The van der Waals surface area contributed by atoms with E-state index in [4.69, 9.17) is 0 Å². The van der Waals surface area contributed by atoms with Crippen LogP contribution in [0.25, 0.3) is 0 Å². The number of allylic oxidation sites excluding steroid dienone is 4. The molecule has 0 aromatic carbocycles. The van der Waals surface area contributed by atoms with E-state index in [-0.39, 0.29) is 11.7 Å². The van der Waals surface area contributed by atoms with Crippen LogP contribution in [0.5, 0.6) is 0 Å². The number of carbonyl (C=O) groups is 2. The second-order valence-electron chi connectivity index (χ2n) is 2.73. The predicted molar refractivity (Wildman–Crippen MR) is 49.8 cm³/mol. The number of hydrogen-bond acceptors (Lipinski definition) is 2. The van der Waals surface area contributed by atoms with Gasteiger partial charge < -0.3 is 5.32 Å². The Morgan fingerprint density at radius 2 is 2.23 bits per heavy atom. The van der Waals surface area contributed by atoms with Crippen LogP contribution in [-0.2, 0) is 9.59 Å². The SMILES string of the molecule is C=C1C=CC(=O)C(NC(=O)CC)=C1. The van der Waals surface area contributed by atoms with Crippen LogP contribution >= 0.6 is 0 Å². The number of hydrogen-bond donors (Lipinski definition) is 1. The van der Waals surface area contributed by atoms with E-state index in [2.05, 4.69) is 11.9 Å². The van der Waals surface area contributed by atoms with Gasteiger partial charge in [0, 0.05) is 6.42 Å². The molecule has 0 aromatic rings. The second kappa shape index (κ2) is 3.85. The summed E-state index contributed by atoms with van der Waals surface area (Å²) in [6.45, 7) is 5.40. The Hall–Kier alpha value is -1.64. The number of rotatable bonds is 2. The van der Waals surface area contributed by atoms with E-state index in [0.717, 1.165) is 0 Å². The average molecular weight is 177 g/mol. The Labute approximate surface area is 76.8 Å². The topological polar surface area (TPSA) is 46.2 Å². The van der Waals surface area contributed by atoms with Crippen LogP contribution in [0, 0.1) is 0 Å². The van der Waals surface area contributed by atoms with Crippen molar-refractivity contribution >= 4 is 11.7 Å². The first kappa shape index (κ1) is 9.45. The molecule has 0 saturated heterocycles. The molecule has 0 spiro atoms. The van der Waals surface area contributed by atoms with Crippen LogP contribution in [0.1, 0.15) is 13.3 Å². The number of ketones is 1. The van der Waals surface area contributed by atoms with Crippen molar-refractivity contribution in [3.05, 3.63) is 36.1 Å². The quantitative estimate of drug-likeness (QED) is 0.686. The highest BCUT2D eigenvalue weighted by molar-refractivity contribution is 6.07. The summed E-state index contributed by atoms with van der Waals surface area (Å²) < 4.78 is 0. The summed E-state index contributed by atoms with van der Waals surface area (Å²) in [4.78, 5) is 22.2. The Morgan fingerprint density at radius 3 is 2.85 bits per heavy atom. The molecule has 0 aliphatic heterocycles. The van der Waals surface area contributed by atoms with E-state index in [1.807, 2.05) is 0 Å². The van der Waals surface area contributed by atoms with E-state index in [0.29, 0.717) is 17.7 Å². The Kier molecular flexibility index (Phi) is 2.80. The van der Waals surface area contributed by atoms with Gasteiger partial charge in [-0.25, -0.2) is 0 Å². The van der Waals surface area contributed by atoms with E-state index in [1.165, 1.54) is 6.08 Å². The van der Waals surface area contributed by atoms with Crippen molar-refractivity contribution in [2.75, 3.05) is 0 Å². The molecule has 68 valence electrons. The first-order chi connectivity index (χ1) is 6.13. The minimum Gasteiger partial charge on any atom is -0.323 e. The summed E-state index contributed by atoms with van der Waals surface area (Å²) in [5.41, 5.74) is 1.02. The zero-order chi connectivity index (χ0) is 9.84. The van der Waals surface area contributed by atoms with Gasteiger partial charge >= 0.3 is 0 Å². The van der Waals surface area contributed by atoms with Crippen molar-refractivity contribution in [2.45, 2.75) is 13.3 Å². The number of nitrogens with one attached hydrogen (secondary N) is 1. The van der Waals surface area contributed by atoms with Gasteiger partial charge in [-0.1, -0.05) is 19.6 Å². The van der Waals surface area contributed by atoms with Crippen molar-refractivity contribution in [2.24, 2.45) is 0 Å². The molecule has 3 nitrogen and oxygen atoms in total. The van der Waals surface area contributed by atoms with Gasteiger partial charge in [0.1, 0.15) is 0 Å². The summed E-state index contributed by atoms with van der Waals surface area (Å²) in [6, 6.07) is 0. The van der Waals surface area contributed by atoms with Crippen LogP contribution < -0.4 is 5.32 Å². The van der Waals surface area contributed by atoms with E-state index < -0.39 is 0 Å². The molecule has 0 unspecified atom stereocenters. The van der Waals surface area contributed by atoms with E-state index >= 15 is 0 Å². The highest BCUT2D eigenvalue weighted by atomic mass is 16.2. The van der Waals surface area contributed by atoms with Gasteiger partial charge in [-0.3, -0.25) is 9.59 Å². The van der Waals surface area contributed by atoms with Crippen molar-refractivity contribution < 1.29 is 9.59 Å². The highest BCUT2D eigenvalue weighted by Gasteiger charge is 2.12. The fraction of sp³-hybridized carbons (Fsp3) is 0.200. The van der Waals surface area contributed by atoms with Crippen LogP contribution in [0.2, 0.25) is 0 Å². The molecule has 1 aliphatic rings. The highest BCUT2D eigenvalue weighted by Crippen LogP contribution is 2.08. The van der Waals surface area contributed by atoms with Crippen LogP contribution in [0.4, 0.5) is 0 Å². The summed E-state index contributed by atoms with van der Waals surface area (Å²) in [6.07, 6.45) is 4.94. The monoisotopic (exact) mass is 177 g/mol. The zero-order valence-electron chi connectivity index (χ0n) is 7.46. The van der Waals surface area contributed by atoms with Crippen molar-refractivity contribution in [1.82, 2.24) is 5.32 Å². The average Bonchev–Trinajstić information content (AvgIpc) is 2.11. The molecule has 0 bridgehead atoms. The second-order valence-corrected chi connectivity index (χ2v) is 2.73. The van der Waals surface area contributed by atoms with Gasteiger partial charge in [0.2, 0.25) is 11.7 Å². The molecule has 1 N–H and O–H groups in total. The van der Waals surface area contributed by atoms with Gasteiger partial charge in [-0.2, -0.15) is 0 Å². The van der Waals surface area contributed by atoms with E-state index in [9.17, 15) is 9.59 Å². The lowest BCUT2D eigenvalue weighted by molar-refractivity contribution is -0.121. The number of amides is 1. The molecule has 0 heterocycles. The maximum atomic E-state index is 11.2. The third kappa shape index (κ3) is 2.40. The lowest BCUT2D eigenvalue weighted by atomic mass is 10.1. The molecule has 0 saturated carbocycles. The van der Waals surface area contributed by atoms with Crippen LogP contribution in [-0.4, -0.2) is 11.7 Å². The Bertz CT molecular complexity index is 324. The lowest BCUT2D eigenvalue weighted by Gasteiger charge is -2.09. The molecule has 1 rings (SSSR count). The summed E-state index contributed by atoms with van der Waals surface area (Å²) in [7, 11) is 0.